The lowest BCUT2D eigenvalue weighted by molar-refractivity contribution is -0.277. The maximum atomic E-state index is 9.78. The van der Waals surface area contributed by atoms with E-state index >= 15 is 0 Å². The monoisotopic (exact) mass is 290 g/mol. The highest BCUT2D eigenvalue weighted by Crippen LogP contribution is 2.25. The molecule has 4 N–H and O–H groups in total. The SMILES string of the molecule is OC[C@H]1O[C@H](Oc2cccc(Cl)c2)[C@@H](O)[C@H](O)[C@@H]1O. The highest BCUT2D eigenvalue weighted by atomic mass is 35.5. The smallest absolute Gasteiger partial charge is 0.229 e. The predicted molar refractivity (Wildman–Crippen MR) is 65.8 cm³/mol. The van der Waals surface area contributed by atoms with E-state index in [-0.39, 0.29) is 0 Å². The van der Waals surface area contributed by atoms with Crippen molar-refractivity contribution in [2.75, 3.05) is 6.61 Å². The van der Waals surface area contributed by atoms with Gasteiger partial charge in [-0.15, -0.1) is 0 Å². The van der Waals surface area contributed by atoms with Gasteiger partial charge in [0.2, 0.25) is 6.29 Å². The third-order valence-electron chi connectivity index (χ3n) is 2.90. The molecule has 0 saturated carbocycles. The van der Waals surface area contributed by atoms with E-state index in [1.54, 1.807) is 18.2 Å². The average molecular weight is 291 g/mol. The number of halogens is 1. The fraction of sp³-hybridized carbons (Fsp3) is 0.500. The van der Waals surface area contributed by atoms with E-state index in [1.807, 2.05) is 0 Å². The van der Waals surface area contributed by atoms with E-state index in [0.29, 0.717) is 10.8 Å². The zero-order chi connectivity index (χ0) is 14.0. The first kappa shape index (κ1) is 14.5. The van der Waals surface area contributed by atoms with Crippen LogP contribution in [0.2, 0.25) is 5.02 Å². The van der Waals surface area contributed by atoms with E-state index < -0.39 is 37.3 Å². The molecule has 0 amide bonds. The van der Waals surface area contributed by atoms with Gasteiger partial charge in [-0.25, -0.2) is 0 Å². The molecule has 0 radical (unpaired) electrons. The van der Waals surface area contributed by atoms with E-state index in [4.69, 9.17) is 26.2 Å². The summed E-state index contributed by atoms with van der Waals surface area (Å²) in [4.78, 5) is 0. The van der Waals surface area contributed by atoms with Crippen LogP contribution < -0.4 is 4.74 Å². The first-order chi connectivity index (χ1) is 9.02. The Morgan fingerprint density at radius 3 is 2.53 bits per heavy atom. The molecule has 1 fully saturated rings. The summed E-state index contributed by atoms with van der Waals surface area (Å²) in [5.74, 6) is 0.344. The molecular weight excluding hydrogens is 276 g/mol. The van der Waals surface area contributed by atoms with Gasteiger partial charge in [0.05, 0.1) is 6.61 Å². The molecular formula is C12H15ClO6. The van der Waals surface area contributed by atoms with Gasteiger partial charge in [0.25, 0.3) is 0 Å². The lowest BCUT2D eigenvalue weighted by Gasteiger charge is -2.39. The number of benzene rings is 1. The van der Waals surface area contributed by atoms with Crippen molar-refractivity contribution in [1.82, 2.24) is 0 Å². The minimum Gasteiger partial charge on any atom is -0.462 e. The molecule has 0 aliphatic carbocycles. The Labute approximate surface area is 114 Å². The van der Waals surface area contributed by atoms with Crippen LogP contribution in [0, 0.1) is 0 Å². The summed E-state index contributed by atoms with van der Waals surface area (Å²) in [5.41, 5.74) is 0. The molecule has 0 bridgehead atoms. The number of hydrogen-bond donors (Lipinski definition) is 4. The normalized spacial score (nSPS) is 35.1. The van der Waals surface area contributed by atoms with Crippen LogP contribution in [0.3, 0.4) is 0 Å². The second kappa shape index (κ2) is 6.04. The van der Waals surface area contributed by atoms with Gasteiger partial charge < -0.3 is 29.9 Å². The van der Waals surface area contributed by atoms with E-state index in [9.17, 15) is 15.3 Å². The van der Waals surface area contributed by atoms with Crippen molar-refractivity contribution in [1.29, 1.82) is 0 Å². The molecule has 1 aromatic carbocycles. The topological polar surface area (TPSA) is 99.4 Å². The summed E-state index contributed by atoms with van der Waals surface area (Å²) in [6, 6.07) is 6.43. The Balaban J connectivity index is 2.10. The number of aliphatic hydroxyl groups excluding tert-OH is 4. The molecule has 0 unspecified atom stereocenters. The van der Waals surface area contributed by atoms with Crippen LogP contribution in [-0.2, 0) is 4.74 Å². The standard InChI is InChI=1S/C12H15ClO6/c13-6-2-1-3-7(4-6)18-12-11(17)10(16)9(15)8(5-14)19-12/h1-4,8-12,14-17H,5H2/t8-,9-,10-,11+,12+/m1/s1. The molecule has 1 aliphatic rings. The van der Waals surface area contributed by atoms with Crippen molar-refractivity contribution in [2.45, 2.75) is 30.7 Å². The molecule has 7 heteroatoms. The molecule has 2 rings (SSSR count). The number of aliphatic hydroxyl groups is 4. The maximum Gasteiger partial charge on any atom is 0.229 e. The number of ether oxygens (including phenoxy) is 2. The Morgan fingerprint density at radius 2 is 1.89 bits per heavy atom. The molecule has 0 spiro atoms. The van der Waals surface area contributed by atoms with E-state index in [0.717, 1.165) is 0 Å². The molecule has 1 heterocycles. The highest BCUT2D eigenvalue weighted by Gasteiger charge is 2.44. The third-order valence-corrected chi connectivity index (χ3v) is 3.13. The number of hydrogen-bond acceptors (Lipinski definition) is 6. The highest BCUT2D eigenvalue weighted by molar-refractivity contribution is 6.30. The fourth-order valence-corrected chi connectivity index (χ4v) is 2.02. The quantitative estimate of drug-likeness (QED) is 0.600. The van der Waals surface area contributed by atoms with Crippen LogP contribution in [0.4, 0.5) is 0 Å². The average Bonchev–Trinajstić information content (AvgIpc) is 2.39. The lowest BCUT2D eigenvalue weighted by atomic mass is 9.99. The zero-order valence-electron chi connectivity index (χ0n) is 9.89. The van der Waals surface area contributed by atoms with Crippen molar-refractivity contribution in [3.63, 3.8) is 0 Å². The molecule has 19 heavy (non-hydrogen) atoms. The molecule has 5 atom stereocenters. The summed E-state index contributed by atoms with van der Waals surface area (Å²) >= 11 is 5.79. The van der Waals surface area contributed by atoms with Crippen LogP contribution >= 0.6 is 11.6 Å². The van der Waals surface area contributed by atoms with Gasteiger partial charge >= 0.3 is 0 Å². The van der Waals surface area contributed by atoms with Crippen LogP contribution in [0.1, 0.15) is 0 Å². The minimum atomic E-state index is -1.46. The molecule has 106 valence electrons. The van der Waals surface area contributed by atoms with Gasteiger partial charge in [-0.05, 0) is 18.2 Å². The minimum absolute atomic E-state index is 0.344. The van der Waals surface area contributed by atoms with Crippen molar-refractivity contribution in [2.24, 2.45) is 0 Å². The second-order valence-corrected chi connectivity index (χ2v) is 4.71. The van der Waals surface area contributed by atoms with Crippen LogP contribution in [0.25, 0.3) is 0 Å². The summed E-state index contributed by atoms with van der Waals surface area (Å²) in [6.07, 6.45) is -6.50. The largest absolute Gasteiger partial charge is 0.462 e. The molecule has 0 aromatic heterocycles. The van der Waals surface area contributed by atoms with Crippen molar-refractivity contribution in [3.05, 3.63) is 29.3 Å². The Morgan fingerprint density at radius 1 is 1.16 bits per heavy atom. The molecule has 1 aromatic rings. The lowest BCUT2D eigenvalue weighted by Crippen LogP contribution is -2.60. The second-order valence-electron chi connectivity index (χ2n) is 4.27. The van der Waals surface area contributed by atoms with Crippen molar-refractivity contribution in [3.8, 4) is 5.75 Å². The van der Waals surface area contributed by atoms with Crippen LogP contribution in [0.5, 0.6) is 5.75 Å². The fourth-order valence-electron chi connectivity index (χ4n) is 1.84. The number of rotatable bonds is 3. The zero-order valence-corrected chi connectivity index (χ0v) is 10.6. The van der Waals surface area contributed by atoms with Gasteiger partial charge in [-0.3, -0.25) is 0 Å². The van der Waals surface area contributed by atoms with Crippen LogP contribution in [-0.4, -0.2) is 57.7 Å². The van der Waals surface area contributed by atoms with E-state index in [2.05, 4.69) is 0 Å². The summed E-state index contributed by atoms with van der Waals surface area (Å²) in [5, 5.41) is 38.5. The molecule has 6 nitrogen and oxygen atoms in total. The maximum absolute atomic E-state index is 9.78. The first-order valence-electron chi connectivity index (χ1n) is 5.75. The predicted octanol–water partition coefficient (Wildman–Crippen LogP) is -0.481. The molecule has 1 saturated heterocycles. The van der Waals surface area contributed by atoms with Crippen molar-refractivity contribution < 1.29 is 29.9 Å². The van der Waals surface area contributed by atoms with Gasteiger partial charge in [0.15, 0.2) is 0 Å². The summed E-state index contributed by atoms with van der Waals surface area (Å²) in [7, 11) is 0. The van der Waals surface area contributed by atoms with Gasteiger partial charge in [-0.2, -0.15) is 0 Å². The van der Waals surface area contributed by atoms with Gasteiger partial charge in [0.1, 0.15) is 30.2 Å². The molecule has 1 aliphatic heterocycles. The first-order valence-corrected chi connectivity index (χ1v) is 6.13. The van der Waals surface area contributed by atoms with Crippen molar-refractivity contribution >= 4 is 11.6 Å². The van der Waals surface area contributed by atoms with E-state index in [1.165, 1.54) is 6.07 Å². The van der Waals surface area contributed by atoms with Gasteiger partial charge in [0, 0.05) is 5.02 Å². The summed E-state index contributed by atoms with van der Waals surface area (Å²) in [6.45, 7) is -0.500. The summed E-state index contributed by atoms with van der Waals surface area (Å²) < 4.78 is 10.6. The Hall–Kier alpha value is -0.890. The van der Waals surface area contributed by atoms with Crippen LogP contribution in [0.15, 0.2) is 24.3 Å². The third kappa shape index (κ3) is 3.17. The van der Waals surface area contributed by atoms with Gasteiger partial charge in [-0.1, -0.05) is 17.7 Å². The Bertz CT molecular complexity index is 426. The Kier molecular flexibility index (Phi) is 4.62.